The van der Waals surface area contributed by atoms with Gasteiger partial charge < -0.3 is 25.5 Å². The fourth-order valence-electron chi connectivity index (χ4n) is 3.16. The summed E-state index contributed by atoms with van der Waals surface area (Å²) in [7, 11) is 0. The quantitative estimate of drug-likeness (QED) is 0.517. The highest BCUT2D eigenvalue weighted by atomic mass is 32.1. The number of aliphatic carboxylic acids is 2. The highest BCUT2D eigenvalue weighted by molar-refractivity contribution is 7.08. The zero-order valence-electron chi connectivity index (χ0n) is 16.6. The number of aliphatic hydroxyl groups is 1. The fourth-order valence-corrected chi connectivity index (χ4v) is 3.92. The van der Waals surface area contributed by atoms with E-state index < -0.39 is 11.9 Å². The van der Waals surface area contributed by atoms with E-state index in [1.165, 1.54) is 0 Å². The topological polar surface area (TPSA) is 139 Å². The lowest BCUT2D eigenvalue weighted by Gasteiger charge is -2.36. The monoisotopic (exact) mass is 445 g/mol. The van der Waals surface area contributed by atoms with Crippen LogP contribution in [0.25, 0.3) is 0 Å². The second-order valence-corrected chi connectivity index (χ2v) is 7.44. The predicted molar refractivity (Wildman–Crippen MR) is 118 cm³/mol. The van der Waals surface area contributed by atoms with Gasteiger partial charge in [-0.25, -0.2) is 19.6 Å². The van der Waals surface area contributed by atoms with Crippen LogP contribution in [0, 0.1) is 0 Å². The van der Waals surface area contributed by atoms with Gasteiger partial charge in [-0.05, 0) is 12.1 Å². The molecule has 4 heterocycles. The molecule has 1 fully saturated rings. The molecule has 4 N–H and O–H groups in total. The third-order valence-corrected chi connectivity index (χ3v) is 5.37. The van der Waals surface area contributed by atoms with Gasteiger partial charge in [0.2, 0.25) is 0 Å². The average Bonchev–Trinajstić information content (AvgIpc) is 3.15. The number of fused-ring (bicyclic) bond motifs is 2. The van der Waals surface area contributed by atoms with Crippen LogP contribution in [0.3, 0.4) is 0 Å². The van der Waals surface area contributed by atoms with Crippen LogP contribution in [0.5, 0.6) is 0 Å². The highest BCUT2D eigenvalue weighted by Crippen LogP contribution is 2.35. The molecule has 0 aliphatic carbocycles. The summed E-state index contributed by atoms with van der Waals surface area (Å²) in [5.41, 5.74) is 3.09. The predicted octanol–water partition coefficient (Wildman–Crippen LogP) is 1.60. The van der Waals surface area contributed by atoms with Crippen molar-refractivity contribution in [2.24, 2.45) is 4.99 Å². The number of nitrogens with one attached hydrogen (secondary N) is 1. The Balaban J connectivity index is 0.000000293. The van der Waals surface area contributed by atoms with Crippen LogP contribution in [-0.2, 0) is 9.59 Å². The minimum atomic E-state index is -1.26. The maximum Gasteiger partial charge on any atom is 0.328 e. The number of carboxylic acid groups (broad SMARTS) is 2. The molecule has 2 aliphatic heterocycles. The van der Waals surface area contributed by atoms with Crippen molar-refractivity contribution in [1.82, 2.24) is 14.8 Å². The van der Waals surface area contributed by atoms with E-state index in [-0.39, 0.29) is 6.61 Å². The molecule has 31 heavy (non-hydrogen) atoms. The molecular formula is C20H23N5O5S. The Bertz CT molecular complexity index is 966. The van der Waals surface area contributed by atoms with Gasteiger partial charge in [-0.15, -0.1) is 11.3 Å². The number of amidine groups is 1. The van der Waals surface area contributed by atoms with Crippen LogP contribution in [-0.4, -0.2) is 87.2 Å². The molecule has 164 valence electrons. The van der Waals surface area contributed by atoms with Gasteiger partial charge in [0.05, 0.1) is 17.9 Å². The third kappa shape index (κ3) is 6.10. The molecule has 0 unspecified atom stereocenters. The van der Waals surface area contributed by atoms with E-state index in [0.717, 1.165) is 61.3 Å². The number of nitrogens with zero attached hydrogens (tertiary/aromatic N) is 4. The number of piperazine rings is 1. The summed E-state index contributed by atoms with van der Waals surface area (Å²) < 4.78 is 0. The molecule has 0 amide bonds. The van der Waals surface area contributed by atoms with E-state index in [4.69, 9.17) is 20.3 Å². The Morgan fingerprint density at radius 2 is 1.84 bits per heavy atom. The van der Waals surface area contributed by atoms with Crippen molar-refractivity contribution in [3.8, 4) is 0 Å². The molecule has 0 radical (unpaired) electrons. The molecule has 1 saturated heterocycles. The van der Waals surface area contributed by atoms with Gasteiger partial charge in [-0.1, -0.05) is 0 Å². The normalized spacial score (nSPS) is 15.6. The summed E-state index contributed by atoms with van der Waals surface area (Å²) >= 11 is 1.67. The second kappa shape index (κ2) is 10.7. The first kappa shape index (κ1) is 22.4. The van der Waals surface area contributed by atoms with E-state index in [2.05, 4.69) is 30.9 Å². The Hall–Kier alpha value is -3.28. The number of anilines is 2. The standard InChI is InChI=1S/C16H19N5OS.C4H4O4/c22-9-8-20-4-6-21(7-5-20)16-12-10-23-11-14(12)18-15-13(19-16)2-1-3-17-15;5-3(6)1-2-4(7)8/h1-3,10-11,22H,4-9H2,(H,17,18);1-2H,(H,5,6)(H,7,8)/b;2-1+. The van der Waals surface area contributed by atoms with Crippen molar-refractivity contribution in [3.05, 3.63) is 46.8 Å². The van der Waals surface area contributed by atoms with Gasteiger partial charge in [0.1, 0.15) is 11.5 Å². The zero-order chi connectivity index (χ0) is 22.2. The Morgan fingerprint density at radius 1 is 1.13 bits per heavy atom. The molecule has 2 aliphatic rings. The van der Waals surface area contributed by atoms with Gasteiger partial charge in [-0.2, -0.15) is 0 Å². The van der Waals surface area contributed by atoms with Crippen LogP contribution >= 0.6 is 11.3 Å². The third-order valence-electron chi connectivity index (χ3n) is 4.63. The molecule has 11 heteroatoms. The minimum Gasteiger partial charge on any atom is -0.478 e. The molecule has 0 spiro atoms. The minimum absolute atomic E-state index is 0.221. The molecule has 0 atom stereocenters. The van der Waals surface area contributed by atoms with Crippen LogP contribution < -0.4 is 5.32 Å². The van der Waals surface area contributed by atoms with Crippen molar-refractivity contribution < 1.29 is 24.9 Å². The van der Waals surface area contributed by atoms with Gasteiger partial charge >= 0.3 is 11.9 Å². The molecular weight excluding hydrogens is 422 g/mol. The maximum atomic E-state index is 9.55. The van der Waals surface area contributed by atoms with Gasteiger partial charge in [-0.3, -0.25) is 4.90 Å². The number of rotatable bonds is 4. The number of β-amino-alcohol motifs (C(OH)–C–C–N with tert-alkyl or cyclic N) is 1. The molecule has 2 aromatic heterocycles. The number of carbonyl (C=O) groups is 2. The summed E-state index contributed by atoms with van der Waals surface area (Å²) in [6.45, 7) is 4.71. The van der Waals surface area contributed by atoms with Crippen molar-refractivity contribution in [3.63, 3.8) is 0 Å². The number of aliphatic imine (C=N–C) groups is 1. The van der Waals surface area contributed by atoms with Crippen LogP contribution in [0.4, 0.5) is 17.2 Å². The number of thiophene rings is 1. The van der Waals surface area contributed by atoms with Gasteiger partial charge in [0.15, 0.2) is 5.82 Å². The Labute approximate surface area is 182 Å². The van der Waals surface area contributed by atoms with E-state index >= 15 is 0 Å². The van der Waals surface area contributed by atoms with E-state index in [9.17, 15) is 9.59 Å². The number of carboxylic acids is 2. The van der Waals surface area contributed by atoms with Crippen molar-refractivity contribution in [2.75, 3.05) is 44.6 Å². The number of pyridine rings is 1. The second-order valence-electron chi connectivity index (χ2n) is 6.69. The lowest BCUT2D eigenvalue weighted by Crippen LogP contribution is -2.49. The molecule has 0 saturated carbocycles. The van der Waals surface area contributed by atoms with E-state index in [1.807, 2.05) is 12.1 Å². The summed E-state index contributed by atoms with van der Waals surface area (Å²) in [4.78, 5) is 33.0. The first-order valence-corrected chi connectivity index (χ1v) is 10.5. The van der Waals surface area contributed by atoms with Crippen LogP contribution in [0.2, 0.25) is 0 Å². The highest BCUT2D eigenvalue weighted by Gasteiger charge is 2.25. The zero-order valence-corrected chi connectivity index (χ0v) is 17.5. The van der Waals surface area contributed by atoms with Crippen molar-refractivity contribution in [1.29, 1.82) is 0 Å². The molecule has 0 aromatic carbocycles. The number of hydrogen-bond donors (Lipinski definition) is 4. The Kier molecular flexibility index (Phi) is 7.70. The number of hydrogen-bond acceptors (Lipinski definition) is 9. The smallest absolute Gasteiger partial charge is 0.328 e. The average molecular weight is 446 g/mol. The van der Waals surface area contributed by atoms with Crippen molar-refractivity contribution >= 4 is 46.3 Å². The molecule has 4 rings (SSSR count). The van der Waals surface area contributed by atoms with Crippen molar-refractivity contribution in [2.45, 2.75) is 0 Å². The largest absolute Gasteiger partial charge is 0.478 e. The maximum absolute atomic E-state index is 9.55. The molecule has 10 nitrogen and oxygen atoms in total. The first-order valence-electron chi connectivity index (χ1n) is 9.57. The summed E-state index contributed by atoms with van der Waals surface area (Å²) in [6, 6.07) is 3.91. The number of aromatic nitrogens is 1. The van der Waals surface area contributed by atoms with E-state index in [1.54, 1.807) is 17.5 Å². The summed E-state index contributed by atoms with van der Waals surface area (Å²) in [6.07, 6.45) is 2.90. The Morgan fingerprint density at radius 3 is 2.48 bits per heavy atom. The fraction of sp³-hybridized carbons (Fsp3) is 0.300. The number of aliphatic hydroxyl groups excluding tert-OH is 1. The lowest BCUT2D eigenvalue weighted by atomic mass is 10.2. The summed E-state index contributed by atoms with van der Waals surface area (Å²) in [5, 5.41) is 32.4. The first-order chi connectivity index (χ1) is 15.0. The summed E-state index contributed by atoms with van der Waals surface area (Å²) in [5.74, 6) is -0.690. The molecule has 0 bridgehead atoms. The lowest BCUT2D eigenvalue weighted by molar-refractivity contribution is -0.134. The van der Waals surface area contributed by atoms with Gasteiger partial charge in [0, 0.05) is 61.8 Å². The molecule has 2 aromatic rings. The van der Waals surface area contributed by atoms with Crippen LogP contribution in [0.1, 0.15) is 5.56 Å². The van der Waals surface area contributed by atoms with E-state index in [0.29, 0.717) is 12.2 Å². The SMILES string of the molecule is O=C(O)/C=C/C(=O)O.OCCN1CCN(C2=Nc3cccnc3Nc3cscc32)CC1. The van der Waals surface area contributed by atoms with Crippen LogP contribution in [0.15, 0.2) is 46.2 Å². The van der Waals surface area contributed by atoms with Gasteiger partial charge in [0.25, 0.3) is 0 Å².